The van der Waals surface area contributed by atoms with Crippen LogP contribution in [0.25, 0.3) is 0 Å². The fraction of sp³-hybridized carbons (Fsp3) is 0.300. The highest BCUT2D eigenvalue weighted by molar-refractivity contribution is 5.94. The number of nitrogens with zero attached hydrogens (tertiary/aromatic N) is 3. The van der Waals surface area contributed by atoms with Crippen LogP contribution in [0.5, 0.6) is 0 Å². The Kier molecular flexibility index (Phi) is 4.35. The molecular formula is C20H20N4O3. The smallest absolute Gasteiger partial charge is 0.255 e. The van der Waals surface area contributed by atoms with Crippen molar-refractivity contribution >= 4 is 5.91 Å². The molecule has 4 rings (SSSR count). The van der Waals surface area contributed by atoms with Crippen molar-refractivity contribution in [3.8, 4) is 0 Å². The van der Waals surface area contributed by atoms with Crippen LogP contribution in [0.2, 0.25) is 0 Å². The van der Waals surface area contributed by atoms with Crippen LogP contribution in [0.4, 0.5) is 0 Å². The quantitative estimate of drug-likeness (QED) is 0.771. The Labute approximate surface area is 156 Å². The Morgan fingerprint density at radius 1 is 1.26 bits per heavy atom. The topological polar surface area (TPSA) is 92.1 Å². The highest BCUT2D eigenvalue weighted by atomic mass is 16.4. The first kappa shape index (κ1) is 17.2. The Hall–Kier alpha value is -3.22. The number of aromatic amines is 1. The van der Waals surface area contributed by atoms with E-state index >= 15 is 0 Å². The normalized spacial score (nSPS) is 16.2. The number of H-pyrrole nitrogens is 1. The van der Waals surface area contributed by atoms with E-state index in [1.807, 2.05) is 25.1 Å². The fourth-order valence-corrected chi connectivity index (χ4v) is 3.48. The Morgan fingerprint density at radius 2 is 2.04 bits per heavy atom. The number of pyridine rings is 1. The second-order valence-electron chi connectivity index (χ2n) is 6.69. The van der Waals surface area contributed by atoms with Crippen LogP contribution in [0, 0.1) is 6.92 Å². The van der Waals surface area contributed by atoms with Gasteiger partial charge in [-0.1, -0.05) is 31.2 Å². The minimum atomic E-state index is -0.363. The van der Waals surface area contributed by atoms with E-state index in [-0.39, 0.29) is 17.5 Å². The molecule has 1 N–H and O–H groups in total. The highest BCUT2D eigenvalue weighted by Crippen LogP contribution is 2.33. The van der Waals surface area contributed by atoms with Gasteiger partial charge in [0, 0.05) is 37.2 Å². The van der Waals surface area contributed by atoms with E-state index in [9.17, 15) is 9.59 Å². The van der Waals surface area contributed by atoms with Crippen molar-refractivity contribution in [3.63, 3.8) is 0 Å². The number of fused-ring (bicyclic) bond motifs is 1. The third kappa shape index (κ3) is 3.28. The maximum atomic E-state index is 13.3. The van der Waals surface area contributed by atoms with Gasteiger partial charge in [-0.3, -0.25) is 9.59 Å². The Bertz CT molecular complexity index is 1050. The van der Waals surface area contributed by atoms with Gasteiger partial charge in [-0.2, -0.15) is 0 Å². The van der Waals surface area contributed by atoms with Gasteiger partial charge in [0.25, 0.3) is 5.91 Å². The summed E-state index contributed by atoms with van der Waals surface area (Å²) in [5, 5.41) is 8.06. The predicted octanol–water partition coefficient (Wildman–Crippen LogP) is 2.57. The lowest BCUT2D eigenvalue weighted by Gasteiger charge is -2.35. The van der Waals surface area contributed by atoms with Crippen LogP contribution in [-0.4, -0.2) is 26.0 Å². The van der Waals surface area contributed by atoms with Crippen molar-refractivity contribution in [2.45, 2.75) is 39.3 Å². The van der Waals surface area contributed by atoms with Gasteiger partial charge in [-0.15, -0.1) is 10.2 Å². The number of benzene rings is 1. The highest BCUT2D eigenvalue weighted by Gasteiger charge is 2.34. The summed E-state index contributed by atoms with van der Waals surface area (Å²) in [5.41, 5.74) is 3.06. The first-order valence-electron chi connectivity index (χ1n) is 8.96. The van der Waals surface area contributed by atoms with Gasteiger partial charge in [0.2, 0.25) is 17.3 Å². The number of hydrogen-bond acceptors (Lipinski definition) is 5. The molecule has 138 valence electrons. The molecule has 1 amide bonds. The summed E-state index contributed by atoms with van der Waals surface area (Å²) in [6, 6.07) is 10.7. The average molecular weight is 364 g/mol. The van der Waals surface area contributed by atoms with Crippen LogP contribution in [0.1, 0.15) is 51.9 Å². The second kappa shape index (κ2) is 6.83. The van der Waals surface area contributed by atoms with Crippen LogP contribution in [0.15, 0.2) is 45.6 Å². The number of aryl methyl sites for hydroxylation is 2. The van der Waals surface area contributed by atoms with Gasteiger partial charge in [0.15, 0.2) is 0 Å². The molecule has 1 aliphatic heterocycles. The number of rotatable bonds is 3. The molecule has 0 spiro atoms. The number of carbonyl (C=O) groups is 1. The summed E-state index contributed by atoms with van der Waals surface area (Å²) >= 11 is 0. The SMILES string of the molecule is CCc1cc(C(=O)N2Cc3ccccc3CC2c2nnc(C)o2)cc(=O)[nH]1. The monoisotopic (exact) mass is 364 g/mol. The number of carbonyl (C=O) groups excluding carboxylic acids is 1. The standard InChI is InChI=1S/C20H20N4O3/c1-3-16-8-15(10-18(25)21-16)20(26)24-11-14-7-5-4-6-13(14)9-17(24)19-23-22-12(2)27-19/h4-8,10,17H,3,9,11H2,1-2H3,(H,21,25). The largest absolute Gasteiger partial charge is 0.423 e. The third-order valence-electron chi connectivity index (χ3n) is 4.86. The zero-order chi connectivity index (χ0) is 19.0. The minimum absolute atomic E-state index is 0.217. The second-order valence-corrected chi connectivity index (χ2v) is 6.69. The van der Waals surface area contributed by atoms with Gasteiger partial charge in [0.1, 0.15) is 6.04 Å². The molecule has 1 aromatic carbocycles. The van der Waals surface area contributed by atoms with Gasteiger partial charge in [-0.25, -0.2) is 0 Å². The molecule has 0 fully saturated rings. The van der Waals surface area contributed by atoms with Crippen molar-refractivity contribution in [1.29, 1.82) is 0 Å². The molecule has 2 aromatic heterocycles. The van der Waals surface area contributed by atoms with Gasteiger partial charge < -0.3 is 14.3 Å². The number of amides is 1. The summed E-state index contributed by atoms with van der Waals surface area (Å²) in [5.74, 6) is 0.655. The lowest BCUT2D eigenvalue weighted by Crippen LogP contribution is -2.39. The summed E-state index contributed by atoms with van der Waals surface area (Å²) in [6.45, 7) is 4.08. The van der Waals surface area contributed by atoms with Gasteiger partial charge in [0.05, 0.1) is 0 Å². The van der Waals surface area contributed by atoms with Gasteiger partial charge in [-0.05, 0) is 23.6 Å². The van der Waals surface area contributed by atoms with E-state index in [2.05, 4.69) is 21.2 Å². The van der Waals surface area contributed by atoms with Crippen LogP contribution in [0.3, 0.4) is 0 Å². The molecule has 3 aromatic rings. The van der Waals surface area contributed by atoms with Crippen molar-refractivity contribution in [2.75, 3.05) is 0 Å². The molecule has 0 radical (unpaired) electrons. The van der Waals surface area contributed by atoms with E-state index in [0.29, 0.717) is 36.7 Å². The van der Waals surface area contributed by atoms with Crippen molar-refractivity contribution in [3.05, 3.63) is 80.9 Å². The molecule has 0 saturated heterocycles. The molecular weight excluding hydrogens is 344 g/mol. The summed E-state index contributed by atoms with van der Waals surface area (Å²) in [6.07, 6.45) is 1.23. The molecule has 1 atom stereocenters. The molecule has 0 aliphatic carbocycles. The van der Waals surface area contributed by atoms with E-state index in [4.69, 9.17) is 4.42 Å². The van der Waals surface area contributed by atoms with E-state index < -0.39 is 0 Å². The average Bonchev–Trinajstić information content (AvgIpc) is 3.12. The maximum Gasteiger partial charge on any atom is 0.255 e. The molecule has 0 saturated carbocycles. The minimum Gasteiger partial charge on any atom is -0.423 e. The maximum absolute atomic E-state index is 13.3. The third-order valence-corrected chi connectivity index (χ3v) is 4.86. The van der Waals surface area contributed by atoms with Crippen LogP contribution in [-0.2, 0) is 19.4 Å². The lowest BCUT2D eigenvalue weighted by molar-refractivity contribution is 0.0602. The van der Waals surface area contributed by atoms with E-state index in [1.165, 1.54) is 6.07 Å². The zero-order valence-electron chi connectivity index (χ0n) is 15.2. The summed E-state index contributed by atoms with van der Waals surface area (Å²) < 4.78 is 5.64. The fourth-order valence-electron chi connectivity index (χ4n) is 3.48. The van der Waals surface area contributed by atoms with Crippen molar-refractivity contribution in [1.82, 2.24) is 20.1 Å². The van der Waals surface area contributed by atoms with E-state index in [0.717, 1.165) is 16.8 Å². The first-order chi connectivity index (χ1) is 13.0. The van der Waals surface area contributed by atoms with Crippen LogP contribution >= 0.6 is 0 Å². The predicted molar refractivity (Wildman–Crippen MR) is 98.2 cm³/mol. The number of nitrogens with one attached hydrogen (secondary N) is 1. The molecule has 0 bridgehead atoms. The van der Waals surface area contributed by atoms with Gasteiger partial charge >= 0.3 is 0 Å². The van der Waals surface area contributed by atoms with Crippen molar-refractivity contribution < 1.29 is 9.21 Å². The molecule has 7 heteroatoms. The first-order valence-corrected chi connectivity index (χ1v) is 8.96. The zero-order valence-corrected chi connectivity index (χ0v) is 15.2. The van der Waals surface area contributed by atoms with Crippen LogP contribution < -0.4 is 5.56 Å². The molecule has 1 unspecified atom stereocenters. The molecule has 27 heavy (non-hydrogen) atoms. The number of hydrogen-bond donors (Lipinski definition) is 1. The molecule has 1 aliphatic rings. The number of aromatic nitrogens is 3. The summed E-state index contributed by atoms with van der Waals surface area (Å²) in [4.78, 5) is 29.7. The summed E-state index contributed by atoms with van der Waals surface area (Å²) in [7, 11) is 0. The Balaban J connectivity index is 1.77. The Morgan fingerprint density at radius 3 is 2.74 bits per heavy atom. The van der Waals surface area contributed by atoms with E-state index in [1.54, 1.807) is 17.9 Å². The molecule has 7 nitrogen and oxygen atoms in total. The van der Waals surface area contributed by atoms with Crippen molar-refractivity contribution in [2.24, 2.45) is 0 Å². The molecule has 3 heterocycles. The lowest BCUT2D eigenvalue weighted by atomic mass is 9.93.